The number of aryl methyl sites for hydroxylation is 1. The maximum absolute atomic E-state index is 6.74. The van der Waals surface area contributed by atoms with Gasteiger partial charge in [-0.3, -0.25) is 0 Å². The lowest BCUT2D eigenvalue weighted by Crippen LogP contribution is -2.58. The van der Waals surface area contributed by atoms with Gasteiger partial charge in [0.1, 0.15) is 0 Å². The largest absolute Gasteiger partial charge is 0.327 e. The van der Waals surface area contributed by atoms with Gasteiger partial charge in [-0.2, -0.15) is 0 Å². The second kappa shape index (κ2) is 4.30. The summed E-state index contributed by atoms with van der Waals surface area (Å²) < 4.78 is 0. The molecule has 2 nitrogen and oxygen atoms in total. The molecule has 0 saturated heterocycles. The van der Waals surface area contributed by atoms with E-state index in [4.69, 9.17) is 5.73 Å². The van der Waals surface area contributed by atoms with Crippen LogP contribution in [0.5, 0.6) is 0 Å². The first-order chi connectivity index (χ1) is 9.46. The molecule has 3 heteroatoms. The average Bonchev–Trinajstić information content (AvgIpc) is 2.71. The predicted octanol–water partition coefficient (Wildman–Crippen LogP) is 3.93. The third kappa shape index (κ3) is 2.05. The van der Waals surface area contributed by atoms with Crippen molar-refractivity contribution in [3.63, 3.8) is 0 Å². The highest BCUT2D eigenvalue weighted by Gasteiger charge is 2.57. The molecule has 4 fully saturated rings. The summed E-state index contributed by atoms with van der Waals surface area (Å²) in [4.78, 5) is 4.63. The molecule has 20 heavy (non-hydrogen) atoms. The van der Waals surface area contributed by atoms with Crippen LogP contribution < -0.4 is 5.73 Å². The van der Waals surface area contributed by atoms with Crippen molar-refractivity contribution in [2.45, 2.75) is 64.8 Å². The highest BCUT2D eigenvalue weighted by atomic mass is 32.1. The van der Waals surface area contributed by atoms with Crippen LogP contribution in [-0.4, -0.2) is 11.0 Å². The minimum atomic E-state index is 0.318. The van der Waals surface area contributed by atoms with E-state index in [0.717, 1.165) is 24.0 Å². The van der Waals surface area contributed by atoms with Crippen LogP contribution in [-0.2, 0) is 6.42 Å². The lowest BCUT2D eigenvalue weighted by atomic mass is 9.43. The van der Waals surface area contributed by atoms with Gasteiger partial charge < -0.3 is 5.73 Å². The Morgan fingerprint density at radius 2 is 2.05 bits per heavy atom. The summed E-state index contributed by atoms with van der Waals surface area (Å²) in [5, 5.41) is 3.40. The Balaban J connectivity index is 1.57. The van der Waals surface area contributed by atoms with Crippen LogP contribution >= 0.6 is 11.3 Å². The third-order valence-corrected chi connectivity index (χ3v) is 7.24. The third-order valence-electron chi connectivity index (χ3n) is 6.25. The Bertz CT molecular complexity index is 507. The van der Waals surface area contributed by atoms with E-state index in [1.165, 1.54) is 43.5 Å². The summed E-state index contributed by atoms with van der Waals surface area (Å²) in [6, 6.07) is 0.318. The molecular weight excluding hydrogens is 264 g/mol. The molecule has 3 unspecified atom stereocenters. The molecule has 1 aromatic heterocycles. The zero-order chi connectivity index (χ0) is 14.0. The van der Waals surface area contributed by atoms with E-state index in [2.05, 4.69) is 24.2 Å². The maximum atomic E-state index is 6.74. The Morgan fingerprint density at radius 3 is 2.60 bits per heavy atom. The van der Waals surface area contributed by atoms with E-state index in [1.807, 2.05) is 0 Å². The molecule has 1 heterocycles. The number of hydrogen-bond acceptors (Lipinski definition) is 3. The van der Waals surface area contributed by atoms with E-state index < -0.39 is 0 Å². The van der Waals surface area contributed by atoms with Crippen molar-refractivity contribution in [1.82, 2.24) is 4.98 Å². The van der Waals surface area contributed by atoms with E-state index in [9.17, 15) is 0 Å². The number of nitrogens with zero attached hydrogens (tertiary/aromatic N) is 1. The minimum absolute atomic E-state index is 0.318. The number of hydrogen-bond donors (Lipinski definition) is 1. The fourth-order valence-electron chi connectivity index (χ4n) is 6.13. The van der Waals surface area contributed by atoms with Crippen molar-refractivity contribution in [1.29, 1.82) is 0 Å². The van der Waals surface area contributed by atoms with Crippen LogP contribution in [0.15, 0.2) is 5.38 Å². The van der Waals surface area contributed by atoms with Crippen LogP contribution in [0.3, 0.4) is 0 Å². The molecule has 0 aliphatic heterocycles. The molecule has 0 aromatic carbocycles. The van der Waals surface area contributed by atoms with Crippen LogP contribution in [0.25, 0.3) is 0 Å². The quantitative estimate of drug-likeness (QED) is 0.916. The molecule has 2 N–H and O–H groups in total. The summed E-state index contributed by atoms with van der Waals surface area (Å²) in [5.74, 6) is 1.93. The van der Waals surface area contributed by atoms with Crippen LogP contribution in [0, 0.1) is 29.6 Å². The Labute approximate surface area is 126 Å². The fraction of sp³-hybridized carbons (Fsp3) is 0.824. The maximum Gasteiger partial charge on any atom is 0.0943 e. The van der Waals surface area contributed by atoms with Gasteiger partial charge in [-0.05, 0) is 68.1 Å². The van der Waals surface area contributed by atoms with Crippen LogP contribution in [0.4, 0.5) is 0 Å². The number of aromatic nitrogens is 1. The van der Waals surface area contributed by atoms with Crippen molar-refractivity contribution in [3.05, 3.63) is 16.1 Å². The smallest absolute Gasteiger partial charge is 0.0943 e. The number of rotatable bonds is 3. The summed E-state index contributed by atoms with van der Waals surface area (Å²) in [6.07, 6.45) is 9.57. The molecule has 3 atom stereocenters. The first kappa shape index (κ1) is 13.3. The molecule has 4 bridgehead atoms. The number of nitrogens with two attached hydrogens (primary N) is 1. The second-order valence-corrected chi connectivity index (χ2v) is 9.27. The monoisotopic (exact) mass is 290 g/mol. The molecule has 4 aliphatic carbocycles. The molecule has 4 saturated carbocycles. The summed E-state index contributed by atoms with van der Waals surface area (Å²) in [6.45, 7) is 4.61. The lowest BCUT2D eigenvalue weighted by Gasteiger charge is -2.63. The zero-order valence-electron chi connectivity index (χ0n) is 12.7. The van der Waals surface area contributed by atoms with Crippen LogP contribution in [0.2, 0.25) is 0 Å². The topological polar surface area (TPSA) is 38.9 Å². The molecule has 5 rings (SSSR count). The van der Waals surface area contributed by atoms with Gasteiger partial charge >= 0.3 is 0 Å². The van der Waals surface area contributed by atoms with Gasteiger partial charge in [-0.1, -0.05) is 6.92 Å². The summed E-state index contributed by atoms with van der Waals surface area (Å²) in [7, 11) is 0. The first-order valence-electron chi connectivity index (χ1n) is 8.13. The number of thiazole rings is 1. The van der Waals surface area contributed by atoms with E-state index in [1.54, 1.807) is 11.3 Å². The van der Waals surface area contributed by atoms with Crippen molar-refractivity contribution in [3.8, 4) is 0 Å². The molecule has 0 radical (unpaired) electrons. The van der Waals surface area contributed by atoms with Crippen molar-refractivity contribution in [2.75, 3.05) is 0 Å². The second-order valence-electron chi connectivity index (χ2n) is 8.33. The van der Waals surface area contributed by atoms with Gasteiger partial charge in [0.2, 0.25) is 0 Å². The summed E-state index contributed by atoms with van der Waals surface area (Å²) >= 11 is 1.79. The fourth-order valence-corrected chi connectivity index (χ4v) is 6.96. The standard InChI is InChI=1S/C17H26N2S/c1-11-9-20-15(19-11)4-14(18)17-7-12-3-13(8-17)6-16(2,5-12)10-17/h9,12-14H,3-8,10,18H2,1-2H3. The van der Waals surface area contributed by atoms with Crippen molar-refractivity contribution >= 4 is 11.3 Å². The van der Waals surface area contributed by atoms with Crippen LogP contribution in [0.1, 0.15) is 56.2 Å². The van der Waals surface area contributed by atoms with Gasteiger partial charge in [0.25, 0.3) is 0 Å². The van der Waals surface area contributed by atoms with Gasteiger partial charge in [-0.15, -0.1) is 11.3 Å². The molecule has 0 spiro atoms. The van der Waals surface area contributed by atoms with Gasteiger partial charge in [-0.25, -0.2) is 4.98 Å². The predicted molar refractivity (Wildman–Crippen MR) is 83.8 cm³/mol. The Morgan fingerprint density at radius 1 is 1.35 bits per heavy atom. The molecular formula is C17H26N2S. The minimum Gasteiger partial charge on any atom is -0.327 e. The van der Waals surface area contributed by atoms with Gasteiger partial charge in [0, 0.05) is 23.5 Å². The van der Waals surface area contributed by atoms with Gasteiger partial charge in [0.05, 0.1) is 5.01 Å². The van der Waals surface area contributed by atoms with Crippen molar-refractivity contribution < 1.29 is 0 Å². The van der Waals surface area contributed by atoms with Gasteiger partial charge in [0.15, 0.2) is 0 Å². The highest BCUT2D eigenvalue weighted by molar-refractivity contribution is 7.09. The Kier molecular flexibility index (Phi) is 2.85. The molecule has 0 amide bonds. The van der Waals surface area contributed by atoms with E-state index >= 15 is 0 Å². The Hall–Kier alpha value is -0.410. The van der Waals surface area contributed by atoms with E-state index in [-0.39, 0.29) is 0 Å². The molecule has 4 aliphatic rings. The summed E-state index contributed by atoms with van der Waals surface area (Å²) in [5.41, 5.74) is 8.91. The molecule has 1 aromatic rings. The van der Waals surface area contributed by atoms with E-state index in [0.29, 0.717) is 16.9 Å². The normalized spacial score (nSPS) is 44.0. The highest BCUT2D eigenvalue weighted by Crippen LogP contribution is 2.66. The first-order valence-corrected chi connectivity index (χ1v) is 9.01. The lowest BCUT2D eigenvalue weighted by molar-refractivity contribution is -0.112. The zero-order valence-corrected chi connectivity index (χ0v) is 13.5. The molecule has 110 valence electrons. The SMILES string of the molecule is Cc1csc(CC(N)C23CC4CC(CC(C)(C4)C2)C3)n1. The average molecular weight is 290 g/mol. The van der Waals surface area contributed by atoms with Crippen molar-refractivity contribution in [2.24, 2.45) is 28.4 Å².